The van der Waals surface area contributed by atoms with Gasteiger partial charge < -0.3 is 28.7 Å². The van der Waals surface area contributed by atoms with Gasteiger partial charge in [-0.1, -0.05) is 0 Å². The fraction of sp³-hybridized carbons (Fsp3) is 0.320. The van der Waals surface area contributed by atoms with Gasteiger partial charge in [0, 0.05) is 43.5 Å². The van der Waals surface area contributed by atoms with Crippen molar-refractivity contribution >= 4 is 11.4 Å². The van der Waals surface area contributed by atoms with E-state index < -0.39 is 0 Å². The molecular weight excluding hydrogens is 406 g/mol. The van der Waals surface area contributed by atoms with E-state index in [1.54, 1.807) is 28.4 Å². The lowest BCUT2D eigenvalue weighted by molar-refractivity contribution is 0.355. The summed E-state index contributed by atoms with van der Waals surface area (Å²) in [6, 6.07) is 18.1. The number of piperazine rings is 1. The number of benzene rings is 2. The number of aromatic nitrogens is 1. The Morgan fingerprint density at radius 3 is 1.97 bits per heavy atom. The molecule has 0 unspecified atom stereocenters. The first-order valence-electron chi connectivity index (χ1n) is 10.6. The van der Waals surface area contributed by atoms with Crippen molar-refractivity contribution in [1.29, 1.82) is 0 Å². The monoisotopic (exact) mass is 435 g/mol. The number of hydrogen-bond acceptors (Lipinski definition) is 7. The number of ether oxygens (including phenoxy) is 4. The minimum Gasteiger partial charge on any atom is -0.497 e. The second-order valence-corrected chi connectivity index (χ2v) is 7.46. The molecule has 2 heterocycles. The first kappa shape index (κ1) is 21.6. The van der Waals surface area contributed by atoms with Gasteiger partial charge >= 0.3 is 0 Å². The summed E-state index contributed by atoms with van der Waals surface area (Å²) in [5.41, 5.74) is 4.10. The van der Waals surface area contributed by atoms with Gasteiger partial charge in [-0.2, -0.15) is 0 Å². The van der Waals surface area contributed by atoms with Crippen LogP contribution in [-0.2, 0) is 0 Å². The van der Waals surface area contributed by atoms with Crippen LogP contribution in [0.4, 0.5) is 11.4 Å². The van der Waals surface area contributed by atoms with E-state index in [1.165, 1.54) is 5.69 Å². The Labute approximate surface area is 189 Å². The van der Waals surface area contributed by atoms with Gasteiger partial charge in [-0.3, -0.25) is 0 Å². The quantitative estimate of drug-likeness (QED) is 0.554. The summed E-state index contributed by atoms with van der Waals surface area (Å²) >= 11 is 0. The molecule has 0 radical (unpaired) electrons. The Morgan fingerprint density at radius 1 is 0.656 bits per heavy atom. The van der Waals surface area contributed by atoms with E-state index in [0.29, 0.717) is 17.4 Å². The smallest absolute Gasteiger partial charge is 0.213 e. The van der Waals surface area contributed by atoms with Crippen molar-refractivity contribution in [2.24, 2.45) is 0 Å². The standard InChI is InChI=1S/C25H29N3O4/c1-29-20-8-6-19(7-9-20)27-13-15-28(16-14-27)21-10-12-24(32-4)26-25(21)18-5-11-22(30-2)23(17-18)31-3/h5-12,17H,13-16H2,1-4H3. The van der Waals surface area contributed by atoms with Crippen LogP contribution in [0.3, 0.4) is 0 Å². The van der Waals surface area contributed by atoms with Crippen LogP contribution in [0.1, 0.15) is 0 Å². The third-order valence-electron chi connectivity index (χ3n) is 5.77. The van der Waals surface area contributed by atoms with Crippen LogP contribution < -0.4 is 28.7 Å². The van der Waals surface area contributed by atoms with Crippen LogP contribution in [0.5, 0.6) is 23.1 Å². The zero-order valence-electron chi connectivity index (χ0n) is 19.0. The molecule has 3 aromatic rings. The zero-order chi connectivity index (χ0) is 22.5. The van der Waals surface area contributed by atoms with Crippen molar-refractivity contribution in [3.8, 4) is 34.4 Å². The van der Waals surface area contributed by atoms with Crippen LogP contribution >= 0.6 is 0 Å². The van der Waals surface area contributed by atoms with Gasteiger partial charge in [0.05, 0.1) is 39.8 Å². The van der Waals surface area contributed by atoms with E-state index in [9.17, 15) is 0 Å². The minimum absolute atomic E-state index is 0.579. The molecule has 1 aromatic heterocycles. The first-order chi connectivity index (χ1) is 15.7. The summed E-state index contributed by atoms with van der Waals surface area (Å²) < 4.78 is 21.6. The van der Waals surface area contributed by atoms with Crippen molar-refractivity contribution in [3.05, 3.63) is 54.6 Å². The lowest BCUT2D eigenvalue weighted by Gasteiger charge is -2.38. The Balaban J connectivity index is 1.59. The lowest BCUT2D eigenvalue weighted by atomic mass is 10.1. The SMILES string of the molecule is COc1ccc(N2CCN(c3ccc(OC)nc3-c3ccc(OC)c(OC)c3)CC2)cc1. The van der Waals surface area contributed by atoms with E-state index in [1.807, 2.05) is 36.4 Å². The van der Waals surface area contributed by atoms with Gasteiger partial charge in [-0.25, -0.2) is 4.98 Å². The highest BCUT2D eigenvalue weighted by Gasteiger charge is 2.22. The summed E-state index contributed by atoms with van der Waals surface area (Å²) in [5.74, 6) is 2.81. The number of hydrogen-bond donors (Lipinski definition) is 0. The average Bonchev–Trinajstić information content (AvgIpc) is 2.88. The molecule has 0 aliphatic carbocycles. The summed E-state index contributed by atoms with van der Waals surface area (Å²) in [4.78, 5) is 9.54. The molecule has 32 heavy (non-hydrogen) atoms. The third-order valence-corrected chi connectivity index (χ3v) is 5.77. The van der Waals surface area contributed by atoms with Crippen molar-refractivity contribution in [3.63, 3.8) is 0 Å². The molecule has 1 saturated heterocycles. The van der Waals surface area contributed by atoms with Crippen molar-refractivity contribution in [1.82, 2.24) is 4.98 Å². The number of anilines is 2. The fourth-order valence-electron chi connectivity index (χ4n) is 4.00. The number of nitrogens with zero attached hydrogens (tertiary/aromatic N) is 3. The fourth-order valence-corrected chi connectivity index (χ4v) is 4.00. The van der Waals surface area contributed by atoms with E-state index in [-0.39, 0.29) is 0 Å². The van der Waals surface area contributed by atoms with Gasteiger partial charge in [0.2, 0.25) is 5.88 Å². The molecule has 0 N–H and O–H groups in total. The van der Waals surface area contributed by atoms with E-state index in [2.05, 4.69) is 28.0 Å². The maximum Gasteiger partial charge on any atom is 0.213 e. The molecule has 4 rings (SSSR count). The third kappa shape index (κ3) is 4.37. The average molecular weight is 436 g/mol. The van der Waals surface area contributed by atoms with Crippen LogP contribution in [0.2, 0.25) is 0 Å². The van der Waals surface area contributed by atoms with Crippen LogP contribution in [0.15, 0.2) is 54.6 Å². The van der Waals surface area contributed by atoms with Gasteiger partial charge in [-0.15, -0.1) is 0 Å². The van der Waals surface area contributed by atoms with Crippen LogP contribution in [0, 0.1) is 0 Å². The zero-order valence-corrected chi connectivity index (χ0v) is 19.0. The largest absolute Gasteiger partial charge is 0.497 e. The first-order valence-corrected chi connectivity index (χ1v) is 10.6. The van der Waals surface area contributed by atoms with Crippen molar-refractivity contribution in [2.75, 3.05) is 64.4 Å². The Bertz CT molecular complexity index is 1050. The molecule has 1 aliphatic rings. The second kappa shape index (κ2) is 9.68. The number of methoxy groups -OCH3 is 4. The van der Waals surface area contributed by atoms with Crippen molar-refractivity contribution in [2.45, 2.75) is 0 Å². The van der Waals surface area contributed by atoms with Gasteiger partial charge in [-0.05, 0) is 48.5 Å². The van der Waals surface area contributed by atoms with Gasteiger partial charge in [0.25, 0.3) is 0 Å². The summed E-state index contributed by atoms with van der Waals surface area (Å²) in [5, 5.41) is 0. The molecule has 0 bridgehead atoms. The van der Waals surface area contributed by atoms with Gasteiger partial charge in [0.15, 0.2) is 11.5 Å². The molecule has 7 heteroatoms. The van der Waals surface area contributed by atoms with E-state index in [4.69, 9.17) is 23.9 Å². The minimum atomic E-state index is 0.579. The molecule has 0 amide bonds. The molecule has 2 aromatic carbocycles. The Hall–Kier alpha value is -3.61. The predicted octanol–water partition coefficient (Wildman–Crippen LogP) is 4.11. The Morgan fingerprint density at radius 2 is 1.34 bits per heavy atom. The maximum atomic E-state index is 5.51. The summed E-state index contributed by atoms with van der Waals surface area (Å²) in [7, 11) is 6.59. The molecule has 1 aliphatic heterocycles. The van der Waals surface area contributed by atoms with E-state index >= 15 is 0 Å². The normalized spacial score (nSPS) is 13.6. The lowest BCUT2D eigenvalue weighted by Crippen LogP contribution is -2.46. The highest BCUT2D eigenvalue weighted by atomic mass is 16.5. The summed E-state index contributed by atoms with van der Waals surface area (Å²) in [6.07, 6.45) is 0. The topological polar surface area (TPSA) is 56.3 Å². The van der Waals surface area contributed by atoms with E-state index in [0.717, 1.165) is 48.9 Å². The molecule has 168 valence electrons. The second-order valence-electron chi connectivity index (χ2n) is 7.46. The van der Waals surface area contributed by atoms with Crippen molar-refractivity contribution < 1.29 is 18.9 Å². The molecule has 7 nitrogen and oxygen atoms in total. The molecule has 1 fully saturated rings. The maximum absolute atomic E-state index is 5.51. The highest BCUT2D eigenvalue weighted by molar-refractivity contribution is 5.77. The molecule has 0 saturated carbocycles. The van der Waals surface area contributed by atoms with Crippen LogP contribution in [-0.4, -0.2) is 59.6 Å². The molecule has 0 atom stereocenters. The van der Waals surface area contributed by atoms with Crippen LogP contribution in [0.25, 0.3) is 11.3 Å². The predicted molar refractivity (Wildman–Crippen MR) is 127 cm³/mol. The summed E-state index contributed by atoms with van der Waals surface area (Å²) in [6.45, 7) is 3.62. The highest BCUT2D eigenvalue weighted by Crippen LogP contribution is 2.37. The number of rotatable bonds is 7. The van der Waals surface area contributed by atoms with Gasteiger partial charge in [0.1, 0.15) is 5.75 Å². The molecule has 0 spiro atoms. The Kier molecular flexibility index (Phi) is 6.54. The molecular formula is C25H29N3O4. The number of pyridine rings is 1.